The highest BCUT2D eigenvalue weighted by Crippen LogP contribution is 2.43. The fraction of sp³-hybridized carbons (Fsp3) is 0.391. The number of hydrogen-bond acceptors (Lipinski definition) is 6. The first-order chi connectivity index (χ1) is 14.2. The molecule has 2 aromatic carbocycles. The molecule has 0 aliphatic carbocycles. The largest absolute Gasteiger partial charge is 0.469 e. The summed E-state index contributed by atoms with van der Waals surface area (Å²) in [7, 11) is 1.61. The van der Waals surface area contributed by atoms with Crippen molar-refractivity contribution in [2.75, 3.05) is 38.2 Å². The number of benzene rings is 2. The van der Waals surface area contributed by atoms with Crippen LogP contribution in [0.2, 0.25) is 0 Å². The highest BCUT2D eigenvalue weighted by Gasteiger charge is 2.34. The van der Waals surface area contributed by atoms with E-state index in [1.165, 1.54) is 16.3 Å². The van der Waals surface area contributed by atoms with Crippen LogP contribution in [0, 0.1) is 5.92 Å². The van der Waals surface area contributed by atoms with Gasteiger partial charge in [-0.3, -0.25) is 0 Å². The Hall–Kier alpha value is -2.86. The third-order valence-corrected chi connectivity index (χ3v) is 5.94. The molecule has 3 heterocycles. The van der Waals surface area contributed by atoms with Gasteiger partial charge < -0.3 is 19.7 Å². The summed E-state index contributed by atoms with van der Waals surface area (Å²) < 4.78 is 11.9. The maximum Gasteiger partial charge on any atom is 0.321 e. The summed E-state index contributed by atoms with van der Waals surface area (Å²) in [6, 6.07) is 15.3. The zero-order valence-electron chi connectivity index (χ0n) is 16.9. The molecule has 3 aromatic rings. The van der Waals surface area contributed by atoms with Crippen LogP contribution in [0.25, 0.3) is 10.8 Å². The van der Waals surface area contributed by atoms with E-state index in [1.54, 1.807) is 7.11 Å². The lowest BCUT2D eigenvalue weighted by Gasteiger charge is -2.36. The number of rotatable bonds is 3. The van der Waals surface area contributed by atoms with Crippen LogP contribution in [-0.2, 0) is 6.42 Å². The summed E-state index contributed by atoms with van der Waals surface area (Å²) in [5.41, 5.74) is 2.30. The Kier molecular flexibility index (Phi) is 4.72. The van der Waals surface area contributed by atoms with Crippen LogP contribution in [0.5, 0.6) is 11.9 Å². The SMILES string of the molecule is COc1nc2c(c(N3CCNCC3)n1)CC(C)C(c1cccc3ccccc13)O2. The number of nitrogens with one attached hydrogen (secondary N) is 1. The fourth-order valence-corrected chi connectivity index (χ4v) is 4.47. The van der Waals surface area contributed by atoms with E-state index in [9.17, 15) is 0 Å². The Labute approximate surface area is 170 Å². The summed E-state index contributed by atoms with van der Waals surface area (Å²) in [5.74, 6) is 1.92. The Balaban J connectivity index is 1.57. The van der Waals surface area contributed by atoms with Crippen molar-refractivity contribution in [3.63, 3.8) is 0 Å². The molecular formula is C23H26N4O2. The summed E-state index contributed by atoms with van der Waals surface area (Å²) in [4.78, 5) is 11.6. The number of fused-ring (bicyclic) bond motifs is 2. The van der Waals surface area contributed by atoms with Crippen LogP contribution in [0.4, 0.5) is 5.82 Å². The lowest BCUT2D eigenvalue weighted by atomic mass is 9.87. The second kappa shape index (κ2) is 7.52. The molecule has 1 saturated heterocycles. The van der Waals surface area contributed by atoms with Crippen molar-refractivity contribution in [3.8, 4) is 11.9 Å². The molecule has 150 valence electrons. The molecule has 1 fully saturated rings. The van der Waals surface area contributed by atoms with Gasteiger partial charge in [-0.05, 0) is 17.2 Å². The smallest absolute Gasteiger partial charge is 0.321 e. The van der Waals surface area contributed by atoms with Gasteiger partial charge in [0, 0.05) is 37.7 Å². The first-order valence-electron chi connectivity index (χ1n) is 10.3. The van der Waals surface area contributed by atoms with Crippen molar-refractivity contribution in [1.29, 1.82) is 0 Å². The molecule has 0 bridgehead atoms. The molecule has 29 heavy (non-hydrogen) atoms. The van der Waals surface area contributed by atoms with E-state index in [2.05, 4.69) is 64.6 Å². The van der Waals surface area contributed by atoms with Crippen LogP contribution in [0.1, 0.15) is 24.2 Å². The molecule has 0 radical (unpaired) electrons. The minimum absolute atomic E-state index is 0.0518. The van der Waals surface area contributed by atoms with Gasteiger partial charge in [-0.25, -0.2) is 0 Å². The number of piperazine rings is 1. The summed E-state index contributed by atoms with van der Waals surface area (Å²) >= 11 is 0. The fourth-order valence-electron chi connectivity index (χ4n) is 4.47. The Morgan fingerprint density at radius 1 is 1.07 bits per heavy atom. The van der Waals surface area contributed by atoms with Crippen LogP contribution in [-0.4, -0.2) is 43.3 Å². The summed E-state index contributed by atoms with van der Waals surface area (Å²) in [5, 5.41) is 5.86. The third kappa shape index (κ3) is 3.27. The van der Waals surface area contributed by atoms with Gasteiger partial charge in [0.05, 0.1) is 12.7 Å². The van der Waals surface area contributed by atoms with Crippen molar-refractivity contribution in [1.82, 2.24) is 15.3 Å². The standard InChI is InChI=1S/C23H26N4O2/c1-15-14-19-21(27-12-10-24-11-13-27)25-23(28-2)26-22(19)29-20(15)18-9-5-7-16-6-3-4-8-17(16)18/h3-9,15,20,24H,10-14H2,1-2H3. The number of methoxy groups -OCH3 is 1. The van der Waals surface area contributed by atoms with Crippen LogP contribution >= 0.6 is 0 Å². The predicted octanol–water partition coefficient (Wildman–Crippen LogP) is 3.36. The van der Waals surface area contributed by atoms with Crippen molar-refractivity contribution < 1.29 is 9.47 Å². The van der Waals surface area contributed by atoms with Crippen molar-refractivity contribution >= 4 is 16.6 Å². The Bertz CT molecular complexity index is 1030. The van der Waals surface area contributed by atoms with E-state index in [4.69, 9.17) is 14.5 Å². The molecule has 2 aliphatic heterocycles. The van der Waals surface area contributed by atoms with E-state index in [-0.39, 0.29) is 6.10 Å². The molecule has 5 rings (SSSR count). The van der Waals surface area contributed by atoms with Gasteiger partial charge in [-0.1, -0.05) is 49.4 Å². The number of aromatic nitrogens is 2. The quantitative estimate of drug-likeness (QED) is 0.740. The van der Waals surface area contributed by atoms with Crippen molar-refractivity contribution in [3.05, 3.63) is 53.6 Å². The van der Waals surface area contributed by atoms with E-state index in [0.717, 1.165) is 44.0 Å². The van der Waals surface area contributed by atoms with Gasteiger partial charge in [0.2, 0.25) is 5.88 Å². The molecule has 2 unspecified atom stereocenters. The Morgan fingerprint density at radius 2 is 1.86 bits per heavy atom. The summed E-state index contributed by atoms with van der Waals surface area (Å²) in [6.45, 7) is 6.01. The average Bonchev–Trinajstić information content (AvgIpc) is 2.78. The third-order valence-electron chi connectivity index (χ3n) is 5.94. The maximum atomic E-state index is 6.54. The number of anilines is 1. The normalized spacial score (nSPS) is 21.5. The van der Waals surface area contributed by atoms with Gasteiger partial charge in [0.1, 0.15) is 11.9 Å². The first kappa shape index (κ1) is 18.2. The first-order valence-corrected chi connectivity index (χ1v) is 10.3. The molecule has 6 nitrogen and oxygen atoms in total. The predicted molar refractivity (Wildman–Crippen MR) is 114 cm³/mol. The van der Waals surface area contributed by atoms with Gasteiger partial charge in [-0.2, -0.15) is 9.97 Å². The minimum atomic E-state index is -0.0518. The molecule has 0 saturated carbocycles. The monoisotopic (exact) mass is 390 g/mol. The molecule has 0 amide bonds. The zero-order valence-corrected chi connectivity index (χ0v) is 16.9. The highest BCUT2D eigenvalue weighted by atomic mass is 16.5. The minimum Gasteiger partial charge on any atom is -0.469 e. The molecule has 2 aliphatic rings. The molecule has 2 atom stereocenters. The van der Waals surface area contributed by atoms with E-state index in [1.807, 2.05) is 0 Å². The van der Waals surface area contributed by atoms with E-state index >= 15 is 0 Å². The second-order valence-corrected chi connectivity index (χ2v) is 7.84. The Morgan fingerprint density at radius 3 is 2.69 bits per heavy atom. The molecule has 1 aromatic heterocycles. The molecular weight excluding hydrogens is 364 g/mol. The zero-order chi connectivity index (χ0) is 19.8. The maximum absolute atomic E-state index is 6.54. The van der Waals surface area contributed by atoms with Crippen LogP contribution in [0.15, 0.2) is 42.5 Å². The molecule has 1 N–H and O–H groups in total. The van der Waals surface area contributed by atoms with Crippen molar-refractivity contribution in [2.45, 2.75) is 19.4 Å². The van der Waals surface area contributed by atoms with E-state index < -0.39 is 0 Å². The molecule has 0 spiro atoms. The number of nitrogens with zero attached hydrogens (tertiary/aromatic N) is 3. The highest BCUT2D eigenvalue weighted by molar-refractivity contribution is 5.86. The lowest BCUT2D eigenvalue weighted by Crippen LogP contribution is -2.44. The average molecular weight is 390 g/mol. The van der Waals surface area contributed by atoms with Gasteiger partial charge in [0.15, 0.2) is 0 Å². The number of ether oxygens (including phenoxy) is 2. The van der Waals surface area contributed by atoms with E-state index in [0.29, 0.717) is 17.8 Å². The van der Waals surface area contributed by atoms with Gasteiger partial charge in [-0.15, -0.1) is 0 Å². The van der Waals surface area contributed by atoms with Crippen LogP contribution in [0.3, 0.4) is 0 Å². The topological polar surface area (TPSA) is 59.5 Å². The van der Waals surface area contributed by atoms with Crippen LogP contribution < -0.4 is 19.7 Å². The van der Waals surface area contributed by atoms with Crippen molar-refractivity contribution in [2.24, 2.45) is 5.92 Å². The van der Waals surface area contributed by atoms with Gasteiger partial charge in [0.25, 0.3) is 0 Å². The van der Waals surface area contributed by atoms with Gasteiger partial charge >= 0.3 is 6.01 Å². The lowest BCUT2D eigenvalue weighted by molar-refractivity contribution is 0.116. The molecule has 6 heteroatoms. The number of hydrogen-bond donors (Lipinski definition) is 1. The second-order valence-electron chi connectivity index (χ2n) is 7.84. The summed E-state index contributed by atoms with van der Waals surface area (Å²) in [6.07, 6.45) is 0.830.